The van der Waals surface area contributed by atoms with Crippen molar-refractivity contribution in [3.05, 3.63) is 71.3 Å². The molecule has 2 heteroatoms. The third-order valence-corrected chi connectivity index (χ3v) is 4.85. The molecule has 0 unspecified atom stereocenters. The molecule has 0 heterocycles. The molecule has 1 aliphatic carbocycles. The number of nitrogens with one attached hydrogen (secondary N) is 1. The molecule has 120 valence electrons. The molecule has 1 saturated carbocycles. The molecule has 0 spiro atoms. The molecule has 23 heavy (non-hydrogen) atoms. The number of benzene rings is 2. The van der Waals surface area contributed by atoms with E-state index >= 15 is 0 Å². The van der Waals surface area contributed by atoms with Crippen molar-refractivity contribution in [3.63, 3.8) is 0 Å². The van der Waals surface area contributed by atoms with Crippen molar-refractivity contribution in [2.45, 2.75) is 45.1 Å². The zero-order valence-corrected chi connectivity index (χ0v) is 13.8. The van der Waals surface area contributed by atoms with E-state index in [1.807, 2.05) is 36.4 Å². The van der Waals surface area contributed by atoms with E-state index in [9.17, 15) is 4.79 Å². The standard InChI is InChI=1S/C21H25NO/c1-16-11-13-19(14-12-16)22-21(23)20-10-6-5-9-18(20)15-17-7-3-2-4-8-17/h2-10,16,19H,11-15H2,1H3,(H,22,23). The van der Waals surface area contributed by atoms with Gasteiger partial charge >= 0.3 is 0 Å². The van der Waals surface area contributed by atoms with Gasteiger partial charge in [0.15, 0.2) is 0 Å². The molecule has 2 aromatic rings. The quantitative estimate of drug-likeness (QED) is 0.879. The Hall–Kier alpha value is -2.09. The van der Waals surface area contributed by atoms with E-state index in [0.717, 1.165) is 36.3 Å². The minimum Gasteiger partial charge on any atom is -0.349 e. The first kappa shape index (κ1) is 15.8. The van der Waals surface area contributed by atoms with Crippen LogP contribution in [0.25, 0.3) is 0 Å². The molecule has 2 aromatic carbocycles. The second-order valence-electron chi connectivity index (χ2n) is 6.75. The van der Waals surface area contributed by atoms with Gasteiger partial charge in [0.05, 0.1) is 0 Å². The fourth-order valence-corrected chi connectivity index (χ4v) is 3.38. The first-order chi connectivity index (χ1) is 11.2. The second kappa shape index (κ2) is 7.45. The van der Waals surface area contributed by atoms with Gasteiger partial charge in [-0.1, -0.05) is 55.5 Å². The van der Waals surface area contributed by atoms with Gasteiger partial charge in [-0.15, -0.1) is 0 Å². The molecule has 0 saturated heterocycles. The molecule has 0 aliphatic heterocycles. The normalized spacial score (nSPS) is 20.9. The first-order valence-corrected chi connectivity index (χ1v) is 8.65. The van der Waals surface area contributed by atoms with Crippen molar-refractivity contribution >= 4 is 5.91 Å². The average molecular weight is 307 g/mol. The summed E-state index contributed by atoms with van der Waals surface area (Å²) >= 11 is 0. The number of hydrogen-bond donors (Lipinski definition) is 1. The summed E-state index contributed by atoms with van der Waals surface area (Å²) < 4.78 is 0. The summed E-state index contributed by atoms with van der Waals surface area (Å²) in [6.45, 7) is 2.30. The summed E-state index contributed by atoms with van der Waals surface area (Å²) in [5.74, 6) is 0.879. The van der Waals surface area contributed by atoms with Crippen LogP contribution in [0.3, 0.4) is 0 Å². The zero-order chi connectivity index (χ0) is 16.1. The lowest BCUT2D eigenvalue weighted by molar-refractivity contribution is 0.0922. The maximum Gasteiger partial charge on any atom is 0.251 e. The van der Waals surface area contributed by atoms with E-state index in [1.54, 1.807) is 0 Å². The van der Waals surface area contributed by atoms with Gasteiger partial charge in [-0.25, -0.2) is 0 Å². The van der Waals surface area contributed by atoms with Gasteiger partial charge in [0.1, 0.15) is 0 Å². The Morgan fingerprint density at radius 1 is 0.957 bits per heavy atom. The number of carbonyl (C=O) groups excluding carboxylic acids is 1. The summed E-state index contributed by atoms with van der Waals surface area (Å²) in [6.07, 6.45) is 5.45. The van der Waals surface area contributed by atoms with E-state index in [1.165, 1.54) is 18.4 Å². The maximum atomic E-state index is 12.7. The fourth-order valence-electron chi connectivity index (χ4n) is 3.38. The van der Waals surface area contributed by atoms with Gasteiger partial charge in [-0.05, 0) is 55.2 Å². The van der Waals surface area contributed by atoms with Crippen LogP contribution in [-0.2, 0) is 6.42 Å². The van der Waals surface area contributed by atoms with Crippen molar-refractivity contribution < 1.29 is 4.79 Å². The average Bonchev–Trinajstić information content (AvgIpc) is 2.58. The van der Waals surface area contributed by atoms with Crippen LogP contribution in [0.2, 0.25) is 0 Å². The fraction of sp³-hybridized carbons (Fsp3) is 0.381. The highest BCUT2D eigenvalue weighted by Crippen LogP contribution is 2.24. The molecular formula is C21H25NO. The van der Waals surface area contributed by atoms with E-state index in [0.29, 0.717) is 6.04 Å². The van der Waals surface area contributed by atoms with Crippen LogP contribution in [0, 0.1) is 5.92 Å². The summed E-state index contributed by atoms with van der Waals surface area (Å²) in [5, 5.41) is 3.24. The second-order valence-corrected chi connectivity index (χ2v) is 6.75. The summed E-state index contributed by atoms with van der Waals surface area (Å²) in [6, 6.07) is 18.6. The van der Waals surface area contributed by atoms with Gasteiger partial charge in [0.2, 0.25) is 0 Å². The van der Waals surface area contributed by atoms with Gasteiger partial charge in [-0.2, -0.15) is 0 Å². The van der Waals surface area contributed by atoms with Gasteiger partial charge < -0.3 is 5.32 Å². The topological polar surface area (TPSA) is 29.1 Å². The van der Waals surface area contributed by atoms with Gasteiger partial charge in [0, 0.05) is 11.6 Å². The molecule has 0 atom stereocenters. The number of hydrogen-bond acceptors (Lipinski definition) is 1. The van der Waals surface area contributed by atoms with E-state index in [-0.39, 0.29) is 5.91 Å². The van der Waals surface area contributed by atoms with E-state index < -0.39 is 0 Å². The Bertz CT molecular complexity index is 642. The predicted octanol–water partition coefficient (Wildman–Crippen LogP) is 4.59. The lowest BCUT2D eigenvalue weighted by Crippen LogP contribution is -2.37. The molecule has 1 amide bonds. The van der Waals surface area contributed by atoms with Crippen molar-refractivity contribution in [3.8, 4) is 0 Å². The molecule has 3 rings (SSSR count). The lowest BCUT2D eigenvalue weighted by Gasteiger charge is -2.27. The molecule has 0 aromatic heterocycles. The van der Waals surface area contributed by atoms with Gasteiger partial charge in [-0.3, -0.25) is 4.79 Å². The summed E-state index contributed by atoms with van der Waals surface area (Å²) in [7, 11) is 0. The van der Waals surface area contributed by atoms with Crippen LogP contribution >= 0.6 is 0 Å². The molecule has 0 radical (unpaired) electrons. The minimum absolute atomic E-state index is 0.0797. The summed E-state index contributed by atoms with van der Waals surface area (Å²) in [4.78, 5) is 12.7. The molecule has 0 bridgehead atoms. The van der Waals surface area contributed by atoms with Crippen molar-refractivity contribution in [1.82, 2.24) is 5.32 Å². The predicted molar refractivity (Wildman–Crippen MR) is 94.6 cm³/mol. The smallest absolute Gasteiger partial charge is 0.251 e. The third-order valence-electron chi connectivity index (χ3n) is 4.85. The van der Waals surface area contributed by atoms with Crippen LogP contribution in [0.5, 0.6) is 0 Å². The number of carbonyl (C=O) groups is 1. The highest BCUT2D eigenvalue weighted by atomic mass is 16.1. The lowest BCUT2D eigenvalue weighted by atomic mass is 9.87. The Morgan fingerprint density at radius 2 is 1.61 bits per heavy atom. The van der Waals surface area contributed by atoms with Crippen molar-refractivity contribution in [2.75, 3.05) is 0 Å². The zero-order valence-electron chi connectivity index (χ0n) is 13.8. The van der Waals surface area contributed by atoms with Crippen LogP contribution in [0.4, 0.5) is 0 Å². The van der Waals surface area contributed by atoms with Crippen LogP contribution in [0.1, 0.15) is 54.1 Å². The van der Waals surface area contributed by atoms with Gasteiger partial charge in [0.25, 0.3) is 5.91 Å². The largest absolute Gasteiger partial charge is 0.349 e. The molecule has 1 N–H and O–H groups in total. The Morgan fingerprint density at radius 3 is 2.35 bits per heavy atom. The highest BCUT2D eigenvalue weighted by molar-refractivity contribution is 5.96. The highest BCUT2D eigenvalue weighted by Gasteiger charge is 2.21. The Kier molecular flexibility index (Phi) is 5.12. The minimum atomic E-state index is 0.0797. The molecule has 1 fully saturated rings. The van der Waals surface area contributed by atoms with E-state index in [2.05, 4.69) is 30.4 Å². The van der Waals surface area contributed by atoms with E-state index in [4.69, 9.17) is 0 Å². The van der Waals surface area contributed by atoms with Crippen LogP contribution in [0.15, 0.2) is 54.6 Å². The molecule has 2 nitrogen and oxygen atoms in total. The monoisotopic (exact) mass is 307 g/mol. The Balaban J connectivity index is 1.70. The number of amides is 1. The van der Waals surface area contributed by atoms with Crippen LogP contribution < -0.4 is 5.32 Å². The maximum absolute atomic E-state index is 12.7. The first-order valence-electron chi connectivity index (χ1n) is 8.65. The van der Waals surface area contributed by atoms with Crippen LogP contribution in [-0.4, -0.2) is 11.9 Å². The van der Waals surface area contributed by atoms with Crippen molar-refractivity contribution in [2.24, 2.45) is 5.92 Å². The third kappa shape index (κ3) is 4.22. The molecule has 1 aliphatic rings. The SMILES string of the molecule is CC1CCC(NC(=O)c2ccccc2Cc2ccccc2)CC1. The molecular weight excluding hydrogens is 282 g/mol. The summed E-state index contributed by atoms with van der Waals surface area (Å²) in [5.41, 5.74) is 3.15. The number of rotatable bonds is 4. The Labute approximate surface area is 138 Å². The van der Waals surface area contributed by atoms with Crippen molar-refractivity contribution in [1.29, 1.82) is 0 Å².